The predicted molar refractivity (Wildman–Crippen MR) is 60.0 cm³/mol. The van der Waals surface area contributed by atoms with E-state index in [0.717, 1.165) is 0 Å². The van der Waals surface area contributed by atoms with Crippen molar-refractivity contribution >= 4 is 23.5 Å². The first-order valence-electron chi connectivity index (χ1n) is 4.96. The molecule has 1 amide bonds. The van der Waals surface area contributed by atoms with Gasteiger partial charge in [-0.2, -0.15) is 0 Å². The van der Waals surface area contributed by atoms with Gasteiger partial charge in [0, 0.05) is 24.7 Å². The normalized spacial score (nSPS) is 21.4. The fourth-order valence-electron chi connectivity index (χ4n) is 1.63. The summed E-state index contributed by atoms with van der Waals surface area (Å²) in [5.41, 5.74) is 0. The molecule has 0 aliphatic carbocycles. The van der Waals surface area contributed by atoms with Crippen molar-refractivity contribution in [3.05, 3.63) is 11.6 Å². The topological polar surface area (TPSA) is 58.6 Å². The molecule has 90 valence electrons. The predicted octanol–water partition coefficient (Wildman–Crippen LogP) is 0.102. The van der Waals surface area contributed by atoms with Crippen molar-refractivity contribution in [1.29, 1.82) is 0 Å². The maximum Gasteiger partial charge on any atom is 0.307 e. The smallest absolute Gasteiger partial charge is 0.307 e. The summed E-state index contributed by atoms with van der Waals surface area (Å²) < 4.78 is 4.55. The van der Waals surface area contributed by atoms with Crippen molar-refractivity contribution in [3.63, 3.8) is 0 Å². The lowest BCUT2D eigenvalue weighted by molar-refractivity contribution is -0.145. The molecule has 0 aromatic rings. The van der Waals surface area contributed by atoms with Gasteiger partial charge in [0.05, 0.1) is 13.5 Å². The molecule has 1 N–H and O–H groups in total. The third kappa shape index (κ3) is 3.50. The Morgan fingerprint density at radius 3 is 3.00 bits per heavy atom. The molecule has 0 saturated carbocycles. The fourth-order valence-corrected chi connectivity index (χ4v) is 1.79. The zero-order valence-corrected chi connectivity index (χ0v) is 9.92. The molecule has 0 unspecified atom stereocenters. The number of amides is 1. The van der Waals surface area contributed by atoms with E-state index < -0.39 is 12.0 Å². The first-order chi connectivity index (χ1) is 7.54. The molecular weight excluding hydrogens is 232 g/mol. The van der Waals surface area contributed by atoms with Gasteiger partial charge in [-0.05, 0) is 0 Å². The Kier molecular flexibility index (Phi) is 4.76. The van der Waals surface area contributed by atoms with Gasteiger partial charge in [-0.1, -0.05) is 18.2 Å². The van der Waals surface area contributed by atoms with Gasteiger partial charge in [-0.25, -0.2) is 0 Å². The molecule has 1 heterocycles. The average molecular weight is 247 g/mol. The summed E-state index contributed by atoms with van der Waals surface area (Å²) in [6, 6.07) is -0.517. The Morgan fingerprint density at radius 1 is 1.75 bits per heavy atom. The Hall–Kier alpha value is -1.07. The van der Waals surface area contributed by atoms with E-state index in [0.29, 0.717) is 24.7 Å². The Morgan fingerprint density at radius 2 is 2.44 bits per heavy atom. The monoisotopic (exact) mass is 246 g/mol. The van der Waals surface area contributed by atoms with Crippen molar-refractivity contribution in [2.24, 2.45) is 0 Å². The van der Waals surface area contributed by atoms with Crippen molar-refractivity contribution in [1.82, 2.24) is 10.2 Å². The van der Waals surface area contributed by atoms with Crippen LogP contribution >= 0.6 is 11.6 Å². The maximum atomic E-state index is 11.6. The minimum atomic E-state index is -0.517. The third-order valence-corrected chi connectivity index (χ3v) is 2.52. The zero-order chi connectivity index (χ0) is 12.1. The Labute approximate surface area is 99.4 Å². The van der Waals surface area contributed by atoms with Crippen LogP contribution < -0.4 is 5.32 Å². The van der Waals surface area contributed by atoms with Crippen LogP contribution in [0.4, 0.5) is 0 Å². The van der Waals surface area contributed by atoms with E-state index in [9.17, 15) is 9.59 Å². The zero-order valence-electron chi connectivity index (χ0n) is 9.16. The molecule has 16 heavy (non-hydrogen) atoms. The van der Waals surface area contributed by atoms with E-state index in [4.69, 9.17) is 11.6 Å². The highest BCUT2D eigenvalue weighted by atomic mass is 35.5. The number of esters is 1. The SMILES string of the molecule is C=C(Cl)CN1CCNC(=O)[C@H]1CC(=O)OC. The minimum Gasteiger partial charge on any atom is -0.469 e. The molecule has 0 bridgehead atoms. The van der Waals surface area contributed by atoms with Gasteiger partial charge in [0.1, 0.15) is 6.04 Å². The van der Waals surface area contributed by atoms with Gasteiger partial charge in [0.25, 0.3) is 0 Å². The van der Waals surface area contributed by atoms with Crippen LogP contribution in [0.2, 0.25) is 0 Å². The number of nitrogens with one attached hydrogen (secondary N) is 1. The number of rotatable bonds is 4. The van der Waals surface area contributed by atoms with Gasteiger partial charge in [-0.15, -0.1) is 0 Å². The van der Waals surface area contributed by atoms with Crippen molar-refractivity contribution in [3.8, 4) is 0 Å². The molecular formula is C10H15ClN2O3. The molecule has 1 atom stereocenters. The van der Waals surface area contributed by atoms with Gasteiger partial charge in [0.2, 0.25) is 5.91 Å². The summed E-state index contributed by atoms with van der Waals surface area (Å²) in [5, 5.41) is 3.15. The first kappa shape index (κ1) is 13.0. The second-order valence-corrected chi connectivity index (χ2v) is 4.11. The summed E-state index contributed by atoms with van der Waals surface area (Å²) in [4.78, 5) is 24.6. The Balaban J connectivity index is 2.67. The number of carbonyl (C=O) groups excluding carboxylic acids is 2. The summed E-state index contributed by atoms with van der Waals surface area (Å²) in [7, 11) is 1.30. The lowest BCUT2D eigenvalue weighted by atomic mass is 10.1. The van der Waals surface area contributed by atoms with Crippen molar-refractivity contribution in [2.75, 3.05) is 26.7 Å². The van der Waals surface area contributed by atoms with Crippen LogP contribution in [0.5, 0.6) is 0 Å². The number of hydrogen-bond donors (Lipinski definition) is 1. The second-order valence-electron chi connectivity index (χ2n) is 3.57. The second kappa shape index (κ2) is 5.86. The van der Waals surface area contributed by atoms with Gasteiger partial charge in [-0.3, -0.25) is 14.5 Å². The van der Waals surface area contributed by atoms with Crippen LogP contribution in [0.15, 0.2) is 11.6 Å². The first-order valence-corrected chi connectivity index (χ1v) is 5.34. The molecule has 0 aromatic carbocycles. The van der Waals surface area contributed by atoms with Crippen LogP contribution in [0.3, 0.4) is 0 Å². The molecule has 1 aliphatic heterocycles. The van der Waals surface area contributed by atoms with Crippen LogP contribution in [0, 0.1) is 0 Å². The number of carbonyl (C=O) groups is 2. The van der Waals surface area contributed by atoms with Crippen molar-refractivity contribution in [2.45, 2.75) is 12.5 Å². The highest BCUT2D eigenvalue weighted by molar-refractivity contribution is 6.29. The quantitative estimate of drug-likeness (QED) is 0.715. The van der Waals surface area contributed by atoms with Crippen LogP contribution in [0.1, 0.15) is 6.42 Å². The van der Waals surface area contributed by atoms with E-state index in [2.05, 4.69) is 16.6 Å². The summed E-state index contributed by atoms with van der Waals surface area (Å²) in [5.74, 6) is -0.582. The molecule has 1 aliphatic rings. The van der Waals surface area contributed by atoms with Crippen LogP contribution in [-0.2, 0) is 14.3 Å². The molecule has 5 nitrogen and oxygen atoms in total. The number of halogens is 1. The van der Waals surface area contributed by atoms with E-state index in [1.54, 1.807) is 0 Å². The van der Waals surface area contributed by atoms with Crippen LogP contribution in [-0.4, -0.2) is 49.6 Å². The van der Waals surface area contributed by atoms with Gasteiger partial charge < -0.3 is 10.1 Å². The molecule has 0 radical (unpaired) electrons. The molecule has 1 fully saturated rings. The third-order valence-electron chi connectivity index (χ3n) is 2.40. The molecule has 1 rings (SSSR count). The van der Waals surface area contributed by atoms with Gasteiger partial charge in [0.15, 0.2) is 0 Å². The average Bonchev–Trinajstić information content (AvgIpc) is 2.22. The standard InChI is InChI=1S/C10H15ClN2O3/c1-7(11)6-13-4-3-12-10(15)8(13)5-9(14)16-2/h8H,1,3-6H2,2H3,(H,12,15)/t8-/m1/s1. The molecule has 0 spiro atoms. The van der Waals surface area contributed by atoms with E-state index >= 15 is 0 Å². The number of methoxy groups -OCH3 is 1. The number of hydrogen-bond acceptors (Lipinski definition) is 4. The lowest BCUT2D eigenvalue weighted by Gasteiger charge is -2.34. The summed E-state index contributed by atoms with van der Waals surface area (Å²) in [6.07, 6.45) is 0.0342. The molecule has 6 heteroatoms. The number of nitrogens with zero attached hydrogens (tertiary/aromatic N) is 1. The largest absolute Gasteiger partial charge is 0.469 e. The lowest BCUT2D eigenvalue weighted by Crippen LogP contribution is -2.56. The molecule has 0 aromatic heterocycles. The van der Waals surface area contributed by atoms with E-state index in [1.165, 1.54) is 7.11 Å². The minimum absolute atomic E-state index is 0.0342. The summed E-state index contributed by atoms with van der Waals surface area (Å²) in [6.45, 7) is 5.19. The number of piperazine rings is 1. The maximum absolute atomic E-state index is 11.6. The van der Waals surface area contributed by atoms with E-state index in [-0.39, 0.29) is 12.3 Å². The fraction of sp³-hybridized carbons (Fsp3) is 0.600. The summed E-state index contributed by atoms with van der Waals surface area (Å²) >= 11 is 5.71. The Bertz CT molecular complexity index is 306. The van der Waals surface area contributed by atoms with Gasteiger partial charge >= 0.3 is 5.97 Å². The molecule has 1 saturated heterocycles. The van der Waals surface area contributed by atoms with Crippen molar-refractivity contribution < 1.29 is 14.3 Å². The number of ether oxygens (including phenoxy) is 1. The van der Waals surface area contributed by atoms with E-state index in [1.807, 2.05) is 4.90 Å². The highest BCUT2D eigenvalue weighted by Crippen LogP contribution is 2.12. The highest BCUT2D eigenvalue weighted by Gasteiger charge is 2.31. The van der Waals surface area contributed by atoms with Crippen LogP contribution in [0.25, 0.3) is 0 Å².